The summed E-state index contributed by atoms with van der Waals surface area (Å²) in [7, 11) is 0. The molecule has 0 spiro atoms. The fraction of sp³-hybridized carbons (Fsp3) is 0. The molecule has 0 bridgehead atoms. The molecule has 1 heterocycles. The van der Waals surface area contributed by atoms with E-state index in [9.17, 15) is 9.18 Å². The van der Waals surface area contributed by atoms with Crippen LogP contribution in [0.15, 0.2) is 77.7 Å². The quantitative estimate of drug-likeness (QED) is 0.693. The van der Waals surface area contributed by atoms with Crippen LogP contribution >= 0.6 is 0 Å². The topological polar surface area (TPSA) is 22.0 Å². The van der Waals surface area contributed by atoms with Crippen molar-refractivity contribution in [2.45, 2.75) is 0 Å². The average molecular weight is 265 g/mol. The summed E-state index contributed by atoms with van der Waals surface area (Å²) in [5.41, 5.74) is 2.26. The summed E-state index contributed by atoms with van der Waals surface area (Å²) in [5, 5.41) is 0. The molecule has 0 saturated carbocycles. The Morgan fingerprint density at radius 2 is 1.60 bits per heavy atom. The van der Waals surface area contributed by atoms with Gasteiger partial charge < -0.3 is 0 Å². The molecule has 0 atom stereocenters. The zero-order valence-electron chi connectivity index (χ0n) is 10.7. The van der Waals surface area contributed by atoms with Gasteiger partial charge in [0, 0.05) is 12.3 Å². The van der Waals surface area contributed by atoms with Crippen LogP contribution in [0.3, 0.4) is 0 Å². The van der Waals surface area contributed by atoms with Gasteiger partial charge in [-0.25, -0.2) is 4.39 Å². The van der Waals surface area contributed by atoms with E-state index in [1.807, 2.05) is 30.3 Å². The first-order chi connectivity index (χ1) is 9.74. The van der Waals surface area contributed by atoms with E-state index in [1.54, 1.807) is 24.4 Å². The highest BCUT2D eigenvalue weighted by Crippen LogP contribution is 2.18. The van der Waals surface area contributed by atoms with Crippen LogP contribution in [-0.4, -0.2) is 4.57 Å². The summed E-state index contributed by atoms with van der Waals surface area (Å²) in [5.74, 6) is -0.362. The van der Waals surface area contributed by atoms with E-state index in [1.165, 1.54) is 22.8 Å². The minimum Gasteiger partial charge on any atom is -0.284 e. The van der Waals surface area contributed by atoms with Crippen molar-refractivity contribution in [2.75, 3.05) is 0 Å². The molecular formula is C17H12FNO. The maximum atomic E-state index is 13.3. The number of hydrogen-bond acceptors (Lipinski definition) is 1. The van der Waals surface area contributed by atoms with Gasteiger partial charge in [0.15, 0.2) is 0 Å². The lowest BCUT2D eigenvalue weighted by Crippen LogP contribution is -2.16. The SMILES string of the molecule is O=c1ccc(-c2ccccc2)cn1-c1cccc(F)c1. The zero-order chi connectivity index (χ0) is 13.9. The van der Waals surface area contributed by atoms with Crippen molar-refractivity contribution in [3.05, 3.63) is 89.1 Å². The Balaban J connectivity index is 2.15. The maximum absolute atomic E-state index is 13.3. The molecule has 0 aliphatic heterocycles. The third-order valence-electron chi connectivity index (χ3n) is 3.10. The molecule has 20 heavy (non-hydrogen) atoms. The monoisotopic (exact) mass is 265 g/mol. The van der Waals surface area contributed by atoms with Crippen LogP contribution < -0.4 is 5.56 Å². The second-order valence-electron chi connectivity index (χ2n) is 4.47. The van der Waals surface area contributed by atoms with Crippen molar-refractivity contribution in [3.63, 3.8) is 0 Å². The van der Waals surface area contributed by atoms with Crippen molar-refractivity contribution in [2.24, 2.45) is 0 Å². The summed E-state index contributed by atoms with van der Waals surface area (Å²) < 4.78 is 14.7. The van der Waals surface area contributed by atoms with Crippen molar-refractivity contribution in [1.82, 2.24) is 4.57 Å². The van der Waals surface area contributed by atoms with Crippen LogP contribution in [0, 0.1) is 5.82 Å². The molecule has 1 aromatic heterocycles. The zero-order valence-corrected chi connectivity index (χ0v) is 10.7. The van der Waals surface area contributed by atoms with Gasteiger partial charge in [-0.1, -0.05) is 36.4 Å². The Bertz CT molecular complexity index is 793. The van der Waals surface area contributed by atoms with Crippen LogP contribution in [0.5, 0.6) is 0 Å². The largest absolute Gasteiger partial charge is 0.284 e. The van der Waals surface area contributed by atoms with Crippen molar-refractivity contribution >= 4 is 0 Å². The molecule has 2 nitrogen and oxygen atoms in total. The van der Waals surface area contributed by atoms with Gasteiger partial charge in [-0.2, -0.15) is 0 Å². The summed E-state index contributed by atoms with van der Waals surface area (Å²) in [4.78, 5) is 12.0. The number of aromatic nitrogens is 1. The Morgan fingerprint density at radius 3 is 2.35 bits per heavy atom. The second-order valence-corrected chi connectivity index (χ2v) is 4.47. The molecular weight excluding hydrogens is 253 g/mol. The summed E-state index contributed by atoms with van der Waals surface area (Å²) in [6, 6.07) is 19.0. The molecule has 0 N–H and O–H groups in total. The van der Waals surface area contributed by atoms with E-state index < -0.39 is 0 Å². The van der Waals surface area contributed by atoms with Gasteiger partial charge in [-0.15, -0.1) is 0 Å². The van der Waals surface area contributed by atoms with Crippen molar-refractivity contribution < 1.29 is 4.39 Å². The third-order valence-corrected chi connectivity index (χ3v) is 3.10. The normalized spacial score (nSPS) is 10.4. The van der Waals surface area contributed by atoms with E-state index in [0.29, 0.717) is 5.69 Å². The predicted octanol–water partition coefficient (Wildman–Crippen LogP) is 3.64. The lowest BCUT2D eigenvalue weighted by molar-refractivity contribution is 0.626. The Hall–Kier alpha value is -2.68. The standard InChI is InChI=1S/C17H12FNO/c18-15-7-4-8-16(11-15)19-12-14(9-10-17(19)20)13-5-2-1-3-6-13/h1-12H. The fourth-order valence-corrected chi connectivity index (χ4v) is 2.12. The van der Waals surface area contributed by atoms with Crippen molar-refractivity contribution in [3.8, 4) is 16.8 Å². The molecule has 3 heteroatoms. The highest BCUT2D eigenvalue weighted by Gasteiger charge is 2.04. The molecule has 0 aliphatic carbocycles. The molecule has 0 saturated heterocycles. The minimum absolute atomic E-state index is 0.185. The molecule has 0 unspecified atom stereocenters. The molecule has 2 aromatic carbocycles. The average Bonchev–Trinajstić information content (AvgIpc) is 2.48. The highest BCUT2D eigenvalue weighted by molar-refractivity contribution is 5.62. The lowest BCUT2D eigenvalue weighted by atomic mass is 10.1. The Morgan fingerprint density at radius 1 is 0.800 bits per heavy atom. The van der Waals surface area contributed by atoms with Crippen LogP contribution in [0.2, 0.25) is 0 Å². The molecule has 3 rings (SSSR count). The molecule has 0 radical (unpaired) electrons. The van der Waals surface area contributed by atoms with E-state index in [-0.39, 0.29) is 11.4 Å². The molecule has 0 amide bonds. The van der Waals surface area contributed by atoms with Crippen LogP contribution in [-0.2, 0) is 0 Å². The van der Waals surface area contributed by atoms with E-state index in [4.69, 9.17) is 0 Å². The molecule has 0 fully saturated rings. The smallest absolute Gasteiger partial charge is 0.255 e. The highest BCUT2D eigenvalue weighted by atomic mass is 19.1. The fourth-order valence-electron chi connectivity index (χ4n) is 2.12. The number of nitrogens with zero attached hydrogens (tertiary/aromatic N) is 1. The number of rotatable bonds is 2. The summed E-state index contributed by atoms with van der Waals surface area (Å²) in [6.45, 7) is 0. The van der Waals surface area contributed by atoms with E-state index >= 15 is 0 Å². The van der Waals surface area contributed by atoms with Crippen LogP contribution in [0.4, 0.5) is 4.39 Å². The van der Waals surface area contributed by atoms with Gasteiger partial charge in [-0.3, -0.25) is 9.36 Å². The van der Waals surface area contributed by atoms with Gasteiger partial charge >= 0.3 is 0 Å². The molecule has 3 aromatic rings. The number of hydrogen-bond donors (Lipinski definition) is 0. The second kappa shape index (κ2) is 5.13. The van der Waals surface area contributed by atoms with Crippen LogP contribution in [0.1, 0.15) is 0 Å². The molecule has 0 aliphatic rings. The Kier molecular flexibility index (Phi) is 3.17. The predicted molar refractivity (Wildman–Crippen MR) is 77.4 cm³/mol. The summed E-state index contributed by atoms with van der Waals surface area (Å²) >= 11 is 0. The Labute approximate surface area is 115 Å². The first-order valence-corrected chi connectivity index (χ1v) is 6.28. The molecule has 98 valence electrons. The number of benzene rings is 2. The van der Waals surface area contributed by atoms with Gasteiger partial charge in [-0.05, 0) is 35.4 Å². The number of pyridine rings is 1. The minimum atomic E-state index is -0.362. The first kappa shape index (κ1) is 12.4. The van der Waals surface area contributed by atoms with Crippen LogP contribution in [0.25, 0.3) is 16.8 Å². The number of halogens is 1. The van der Waals surface area contributed by atoms with E-state index in [2.05, 4.69) is 0 Å². The summed E-state index contributed by atoms with van der Waals surface area (Å²) in [6.07, 6.45) is 1.73. The van der Waals surface area contributed by atoms with Gasteiger partial charge in [0.2, 0.25) is 0 Å². The lowest BCUT2D eigenvalue weighted by Gasteiger charge is -2.08. The first-order valence-electron chi connectivity index (χ1n) is 6.28. The maximum Gasteiger partial charge on any atom is 0.255 e. The van der Waals surface area contributed by atoms with Gasteiger partial charge in [0.05, 0.1) is 5.69 Å². The third kappa shape index (κ3) is 2.38. The van der Waals surface area contributed by atoms with E-state index in [0.717, 1.165) is 11.1 Å². The van der Waals surface area contributed by atoms with Gasteiger partial charge in [0.25, 0.3) is 5.56 Å². The van der Waals surface area contributed by atoms with Gasteiger partial charge in [0.1, 0.15) is 5.82 Å². The van der Waals surface area contributed by atoms with Crippen molar-refractivity contribution in [1.29, 1.82) is 0 Å².